The number of methoxy groups -OCH3 is 1. The molecule has 112 valence electrons. The maximum Gasteiger partial charge on any atom is 0.176 e. The summed E-state index contributed by atoms with van der Waals surface area (Å²) in [5.74, 6) is 0.603. The molecule has 2 rings (SSSR count). The predicted octanol–water partition coefficient (Wildman–Crippen LogP) is 3.43. The number of benzene rings is 1. The monoisotopic (exact) mass is 324 g/mol. The highest BCUT2D eigenvalue weighted by Crippen LogP contribution is 2.25. The zero-order valence-corrected chi connectivity index (χ0v) is 13.8. The number of carbonyl (C=O) groups is 1. The Balaban J connectivity index is 2.00. The van der Waals surface area contributed by atoms with Gasteiger partial charge in [0.25, 0.3) is 0 Å². The summed E-state index contributed by atoms with van der Waals surface area (Å²) in [5, 5.41) is 0.448. The number of ketones is 1. The van der Waals surface area contributed by atoms with Crippen LogP contribution in [0.4, 0.5) is 0 Å². The third-order valence-corrected chi connectivity index (χ3v) is 4.36. The van der Waals surface area contributed by atoms with E-state index in [2.05, 4.69) is 4.98 Å². The second-order valence-electron chi connectivity index (χ2n) is 4.81. The third kappa shape index (κ3) is 4.03. The lowest BCUT2D eigenvalue weighted by atomic mass is 10.1. The Kier molecular flexibility index (Phi) is 5.33. The van der Waals surface area contributed by atoms with Gasteiger partial charge < -0.3 is 4.74 Å². The minimum atomic E-state index is 0.0317. The summed E-state index contributed by atoms with van der Waals surface area (Å²) in [6.45, 7) is 3.02. The SMILES string of the molecule is COc1ccc(C(=O)CN(C)Cc2scnc2C)cc1Cl. The van der Waals surface area contributed by atoms with Crippen LogP contribution in [-0.4, -0.2) is 36.4 Å². The van der Waals surface area contributed by atoms with Crippen molar-refractivity contribution in [3.63, 3.8) is 0 Å². The number of rotatable bonds is 6. The van der Waals surface area contributed by atoms with Crippen LogP contribution in [0.2, 0.25) is 5.02 Å². The van der Waals surface area contributed by atoms with Gasteiger partial charge in [-0.3, -0.25) is 9.69 Å². The summed E-state index contributed by atoms with van der Waals surface area (Å²) in [5.41, 5.74) is 3.43. The number of ether oxygens (including phenoxy) is 1. The second kappa shape index (κ2) is 7.02. The van der Waals surface area contributed by atoms with E-state index in [4.69, 9.17) is 16.3 Å². The Bertz CT molecular complexity index is 642. The topological polar surface area (TPSA) is 42.4 Å². The molecule has 0 aliphatic heterocycles. The molecule has 0 aliphatic carbocycles. The Hall–Kier alpha value is -1.43. The molecule has 0 unspecified atom stereocenters. The molecule has 0 fully saturated rings. The summed E-state index contributed by atoms with van der Waals surface area (Å²) < 4.78 is 5.08. The molecule has 0 radical (unpaired) electrons. The van der Waals surface area contributed by atoms with E-state index in [-0.39, 0.29) is 5.78 Å². The van der Waals surface area contributed by atoms with Crippen LogP contribution in [0.25, 0.3) is 0 Å². The fourth-order valence-electron chi connectivity index (χ4n) is 1.96. The maximum atomic E-state index is 12.3. The fourth-order valence-corrected chi connectivity index (χ4v) is 3.07. The molecule has 4 nitrogen and oxygen atoms in total. The zero-order valence-electron chi connectivity index (χ0n) is 12.2. The minimum absolute atomic E-state index is 0.0317. The maximum absolute atomic E-state index is 12.3. The molecule has 0 atom stereocenters. The predicted molar refractivity (Wildman–Crippen MR) is 85.5 cm³/mol. The van der Waals surface area contributed by atoms with Crippen LogP contribution in [0.5, 0.6) is 5.75 Å². The van der Waals surface area contributed by atoms with Crippen LogP contribution >= 0.6 is 22.9 Å². The molecule has 0 N–H and O–H groups in total. The van der Waals surface area contributed by atoms with Gasteiger partial charge in [0.05, 0.1) is 29.9 Å². The number of hydrogen-bond acceptors (Lipinski definition) is 5. The van der Waals surface area contributed by atoms with Crippen LogP contribution in [-0.2, 0) is 6.54 Å². The van der Waals surface area contributed by atoms with Crippen LogP contribution < -0.4 is 4.74 Å². The first kappa shape index (κ1) is 15.9. The number of nitrogens with zero attached hydrogens (tertiary/aromatic N) is 2. The number of halogens is 1. The normalized spacial score (nSPS) is 10.9. The molecule has 1 aromatic carbocycles. The number of hydrogen-bond donors (Lipinski definition) is 0. The van der Waals surface area contributed by atoms with E-state index in [9.17, 15) is 4.79 Å². The quantitative estimate of drug-likeness (QED) is 0.763. The van der Waals surface area contributed by atoms with Crippen molar-refractivity contribution in [3.05, 3.63) is 44.9 Å². The van der Waals surface area contributed by atoms with E-state index in [1.165, 1.54) is 4.88 Å². The van der Waals surface area contributed by atoms with Gasteiger partial charge in [0.15, 0.2) is 5.78 Å². The molecule has 2 aromatic rings. The van der Waals surface area contributed by atoms with Crippen molar-refractivity contribution in [2.75, 3.05) is 20.7 Å². The number of Topliss-reactive ketones (excluding diaryl/α,β-unsaturated/α-hetero) is 1. The molecule has 0 saturated carbocycles. The van der Waals surface area contributed by atoms with Gasteiger partial charge in [-0.15, -0.1) is 11.3 Å². The number of carbonyl (C=O) groups excluding carboxylic acids is 1. The molecule has 0 saturated heterocycles. The highest BCUT2D eigenvalue weighted by atomic mass is 35.5. The lowest BCUT2D eigenvalue weighted by Crippen LogP contribution is -2.25. The summed E-state index contributed by atoms with van der Waals surface area (Å²) >= 11 is 7.66. The third-order valence-electron chi connectivity index (χ3n) is 3.15. The number of aryl methyl sites for hydroxylation is 1. The van der Waals surface area contributed by atoms with Crippen molar-refractivity contribution in [3.8, 4) is 5.75 Å². The van der Waals surface area contributed by atoms with Crippen molar-refractivity contribution in [2.45, 2.75) is 13.5 Å². The zero-order chi connectivity index (χ0) is 15.4. The summed E-state index contributed by atoms with van der Waals surface area (Å²) in [6.07, 6.45) is 0. The van der Waals surface area contributed by atoms with Gasteiger partial charge in [-0.05, 0) is 32.2 Å². The smallest absolute Gasteiger partial charge is 0.176 e. The van der Waals surface area contributed by atoms with Gasteiger partial charge in [0.1, 0.15) is 5.75 Å². The van der Waals surface area contributed by atoms with E-state index in [1.54, 1.807) is 36.6 Å². The summed E-state index contributed by atoms with van der Waals surface area (Å²) in [6, 6.07) is 5.09. The Morgan fingerprint density at radius 1 is 1.48 bits per heavy atom. The van der Waals surface area contributed by atoms with Crippen LogP contribution in [0.15, 0.2) is 23.7 Å². The molecule has 6 heteroatoms. The lowest BCUT2D eigenvalue weighted by Gasteiger charge is -2.15. The van der Waals surface area contributed by atoms with Crippen LogP contribution in [0.3, 0.4) is 0 Å². The van der Waals surface area contributed by atoms with E-state index in [1.807, 2.05) is 24.4 Å². The molecule has 1 aromatic heterocycles. The number of likely N-dealkylation sites (N-methyl/N-ethyl adjacent to an activating group) is 1. The van der Waals surface area contributed by atoms with Gasteiger partial charge in [0.2, 0.25) is 0 Å². The van der Waals surface area contributed by atoms with Gasteiger partial charge in [-0.2, -0.15) is 0 Å². The first-order valence-electron chi connectivity index (χ1n) is 6.45. The van der Waals surface area contributed by atoms with Crippen LogP contribution in [0, 0.1) is 6.92 Å². The van der Waals surface area contributed by atoms with Gasteiger partial charge in [0, 0.05) is 17.0 Å². The lowest BCUT2D eigenvalue weighted by molar-refractivity contribution is 0.0943. The van der Waals surface area contributed by atoms with E-state index >= 15 is 0 Å². The molecule has 0 aliphatic rings. The van der Waals surface area contributed by atoms with Crippen molar-refractivity contribution in [1.29, 1.82) is 0 Å². The Morgan fingerprint density at radius 3 is 2.81 bits per heavy atom. The molecule has 0 amide bonds. The molecular weight excluding hydrogens is 308 g/mol. The molecule has 1 heterocycles. The highest BCUT2D eigenvalue weighted by molar-refractivity contribution is 7.09. The summed E-state index contributed by atoms with van der Waals surface area (Å²) in [4.78, 5) is 19.6. The molecule has 21 heavy (non-hydrogen) atoms. The first-order chi connectivity index (χ1) is 10.0. The minimum Gasteiger partial charge on any atom is -0.495 e. The van der Waals surface area contributed by atoms with Crippen molar-refractivity contribution in [1.82, 2.24) is 9.88 Å². The summed E-state index contributed by atoms with van der Waals surface area (Å²) in [7, 11) is 3.47. The van der Waals surface area contributed by atoms with Gasteiger partial charge >= 0.3 is 0 Å². The van der Waals surface area contributed by atoms with Gasteiger partial charge in [-0.25, -0.2) is 4.98 Å². The van der Waals surface area contributed by atoms with Crippen LogP contribution in [0.1, 0.15) is 20.9 Å². The van der Waals surface area contributed by atoms with Gasteiger partial charge in [-0.1, -0.05) is 11.6 Å². The Labute approximate surface area is 133 Å². The van der Waals surface area contributed by atoms with Crippen molar-refractivity contribution >= 4 is 28.7 Å². The number of aromatic nitrogens is 1. The first-order valence-corrected chi connectivity index (χ1v) is 7.71. The van der Waals surface area contributed by atoms with E-state index in [0.29, 0.717) is 29.4 Å². The fraction of sp³-hybridized carbons (Fsp3) is 0.333. The standard InChI is InChI=1S/C15H17ClN2O2S/c1-10-15(21-9-17-10)8-18(2)7-13(19)11-4-5-14(20-3)12(16)6-11/h4-6,9H,7-8H2,1-3H3. The molecule has 0 bridgehead atoms. The average Bonchev–Trinajstić information content (AvgIpc) is 2.84. The van der Waals surface area contributed by atoms with E-state index in [0.717, 1.165) is 5.69 Å². The molecular formula is C15H17ClN2O2S. The Morgan fingerprint density at radius 2 is 2.24 bits per heavy atom. The number of thiazole rings is 1. The van der Waals surface area contributed by atoms with Crippen molar-refractivity contribution in [2.24, 2.45) is 0 Å². The molecule has 0 spiro atoms. The largest absolute Gasteiger partial charge is 0.495 e. The van der Waals surface area contributed by atoms with E-state index < -0.39 is 0 Å². The average molecular weight is 325 g/mol. The highest BCUT2D eigenvalue weighted by Gasteiger charge is 2.13. The van der Waals surface area contributed by atoms with Crippen molar-refractivity contribution < 1.29 is 9.53 Å². The second-order valence-corrected chi connectivity index (χ2v) is 6.15.